The molecule has 0 radical (unpaired) electrons. The molecule has 0 spiro atoms. The first-order valence-corrected chi connectivity index (χ1v) is 11.3. The van der Waals surface area contributed by atoms with Crippen molar-refractivity contribution in [3.8, 4) is 17.0 Å². The highest BCUT2D eigenvalue weighted by atomic mass is 32.2. The second kappa shape index (κ2) is 9.82. The molecule has 0 bridgehead atoms. The van der Waals surface area contributed by atoms with E-state index in [1.165, 1.54) is 0 Å². The van der Waals surface area contributed by atoms with Crippen molar-refractivity contribution in [3.05, 3.63) is 30.5 Å². The van der Waals surface area contributed by atoms with E-state index in [1.807, 2.05) is 58.7 Å². The zero-order valence-electron chi connectivity index (χ0n) is 16.2. The van der Waals surface area contributed by atoms with Gasteiger partial charge in [-0.25, -0.2) is 4.68 Å². The summed E-state index contributed by atoms with van der Waals surface area (Å²) in [4.78, 5) is 0. The Morgan fingerprint density at radius 2 is 1.78 bits per heavy atom. The Balaban J connectivity index is 1.72. The van der Waals surface area contributed by atoms with Crippen molar-refractivity contribution in [2.45, 2.75) is 43.3 Å². The second-order valence-electron chi connectivity index (χ2n) is 6.17. The molecule has 6 nitrogen and oxygen atoms in total. The fourth-order valence-electron chi connectivity index (χ4n) is 3.26. The maximum Gasteiger partial charge on any atom is 0.170 e. The lowest BCUT2D eigenvalue weighted by Gasteiger charge is -2.21. The molecule has 1 aromatic heterocycles. The lowest BCUT2D eigenvalue weighted by molar-refractivity contribution is -0.115. The van der Waals surface area contributed by atoms with E-state index in [1.54, 1.807) is 14.2 Å². The predicted molar refractivity (Wildman–Crippen MR) is 112 cm³/mol. The van der Waals surface area contributed by atoms with Crippen LogP contribution in [0, 0.1) is 0 Å². The van der Waals surface area contributed by atoms with Crippen LogP contribution in [0.4, 0.5) is 0 Å². The molecule has 0 saturated carbocycles. The van der Waals surface area contributed by atoms with Gasteiger partial charge < -0.3 is 14.2 Å². The number of nitrogens with zero attached hydrogens (tertiary/aromatic N) is 3. The molecule has 148 valence electrons. The van der Waals surface area contributed by atoms with Gasteiger partial charge in [0, 0.05) is 17.9 Å². The highest BCUT2D eigenvalue weighted by molar-refractivity contribution is 8.03. The largest absolute Gasteiger partial charge is 0.497 e. The highest BCUT2D eigenvalue weighted by Crippen LogP contribution is 2.39. The highest BCUT2D eigenvalue weighted by Gasteiger charge is 2.45. The summed E-state index contributed by atoms with van der Waals surface area (Å²) in [5, 5.41) is 9.34. The molecule has 1 saturated heterocycles. The summed E-state index contributed by atoms with van der Waals surface area (Å²) in [6.45, 7) is 5.03. The third kappa shape index (κ3) is 4.80. The first kappa shape index (κ1) is 20.5. The van der Waals surface area contributed by atoms with Crippen molar-refractivity contribution in [2.24, 2.45) is 0 Å². The summed E-state index contributed by atoms with van der Waals surface area (Å²) in [6, 6.07) is 7.84. The van der Waals surface area contributed by atoms with Gasteiger partial charge in [0.2, 0.25) is 0 Å². The van der Waals surface area contributed by atoms with Crippen molar-refractivity contribution >= 4 is 23.5 Å². The van der Waals surface area contributed by atoms with E-state index in [9.17, 15) is 0 Å². The molecule has 2 aromatic rings. The molecule has 0 N–H and O–H groups in total. The first-order chi connectivity index (χ1) is 13.2. The van der Waals surface area contributed by atoms with E-state index in [2.05, 4.69) is 24.2 Å². The van der Waals surface area contributed by atoms with Crippen LogP contribution in [0.2, 0.25) is 0 Å². The van der Waals surface area contributed by atoms with Crippen LogP contribution in [0.5, 0.6) is 5.75 Å². The average molecular weight is 410 g/mol. The molecule has 0 aliphatic carbocycles. The van der Waals surface area contributed by atoms with Crippen LogP contribution in [0.3, 0.4) is 0 Å². The van der Waals surface area contributed by atoms with Gasteiger partial charge in [0.05, 0.1) is 31.2 Å². The van der Waals surface area contributed by atoms with E-state index in [0.717, 1.165) is 28.5 Å². The van der Waals surface area contributed by atoms with Gasteiger partial charge in [-0.1, -0.05) is 19.1 Å². The normalized spacial score (nSPS) is 25.0. The number of hydrogen-bond donors (Lipinski definition) is 0. The maximum atomic E-state index is 6.22. The topological polar surface area (TPSA) is 58.4 Å². The van der Waals surface area contributed by atoms with E-state index < -0.39 is 0 Å². The molecule has 4 atom stereocenters. The fourth-order valence-corrected chi connectivity index (χ4v) is 5.88. The quantitative estimate of drug-likeness (QED) is 0.627. The van der Waals surface area contributed by atoms with Crippen molar-refractivity contribution in [1.82, 2.24) is 15.0 Å². The number of aromatic nitrogens is 3. The van der Waals surface area contributed by atoms with Crippen LogP contribution in [0.15, 0.2) is 30.5 Å². The molecule has 0 unspecified atom stereocenters. The maximum absolute atomic E-state index is 6.22. The molecule has 27 heavy (non-hydrogen) atoms. The molecule has 2 heterocycles. The SMILES string of the molecule is CCS[C@H]1[C@H](OC)O[C@H](Cn2cc(-c3ccc(OC)cc3)nn2)[C@H]1SCC. The van der Waals surface area contributed by atoms with Crippen LogP contribution >= 0.6 is 23.5 Å². The molecule has 1 aliphatic heterocycles. The van der Waals surface area contributed by atoms with E-state index in [4.69, 9.17) is 14.2 Å². The number of ether oxygens (including phenoxy) is 3. The van der Waals surface area contributed by atoms with Gasteiger partial charge in [0.25, 0.3) is 0 Å². The van der Waals surface area contributed by atoms with Crippen molar-refractivity contribution in [1.29, 1.82) is 0 Å². The molecule has 1 aromatic carbocycles. The Hall–Kier alpha value is -1.22. The number of benzene rings is 1. The molecule has 0 amide bonds. The Labute approximate surface area is 169 Å². The van der Waals surface area contributed by atoms with Gasteiger partial charge in [-0.2, -0.15) is 23.5 Å². The van der Waals surface area contributed by atoms with E-state index in [-0.39, 0.29) is 12.4 Å². The first-order valence-electron chi connectivity index (χ1n) is 9.16. The number of rotatable bonds is 9. The predicted octanol–water partition coefficient (Wildman–Crippen LogP) is 3.57. The van der Waals surface area contributed by atoms with Crippen molar-refractivity contribution in [2.75, 3.05) is 25.7 Å². The van der Waals surface area contributed by atoms with Crippen LogP contribution in [0.1, 0.15) is 13.8 Å². The lowest BCUT2D eigenvalue weighted by Crippen LogP contribution is -2.31. The van der Waals surface area contributed by atoms with Gasteiger partial charge >= 0.3 is 0 Å². The minimum absolute atomic E-state index is 0.0503. The third-order valence-electron chi connectivity index (χ3n) is 4.51. The summed E-state index contributed by atoms with van der Waals surface area (Å²) in [5.41, 5.74) is 1.86. The van der Waals surface area contributed by atoms with Crippen LogP contribution < -0.4 is 4.74 Å². The summed E-state index contributed by atoms with van der Waals surface area (Å²) in [5.74, 6) is 2.93. The van der Waals surface area contributed by atoms with Gasteiger partial charge in [-0.3, -0.25) is 0 Å². The zero-order chi connectivity index (χ0) is 19.2. The standard InChI is InChI=1S/C19H27N3O3S2/c1-5-26-17-16(25-19(24-4)18(17)27-6-2)12-22-11-15(20-21-22)13-7-9-14(23-3)10-8-13/h7-11,16-19H,5-6,12H2,1-4H3/t16-,17-,18-,19-/m1/s1. The Kier molecular flexibility index (Phi) is 7.46. The Bertz CT molecular complexity index is 710. The van der Waals surface area contributed by atoms with Crippen molar-refractivity contribution in [3.63, 3.8) is 0 Å². The molecular weight excluding hydrogens is 382 g/mol. The number of hydrogen-bond acceptors (Lipinski definition) is 7. The van der Waals surface area contributed by atoms with Gasteiger partial charge in [0.1, 0.15) is 11.4 Å². The summed E-state index contributed by atoms with van der Waals surface area (Å²) in [6.07, 6.45) is 1.85. The molecule has 8 heteroatoms. The fraction of sp³-hybridized carbons (Fsp3) is 0.579. The Morgan fingerprint density at radius 1 is 1.07 bits per heavy atom. The zero-order valence-corrected chi connectivity index (χ0v) is 17.8. The van der Waals surface area contributed by atoms with Crippen molar-refractivity contribution < 1.29 is 14.2 Å². The minimum atomic E-state index is -0.173. The minimum Gasteiger partial charge on any atom is -0.497 e. The lowest BCUT2D eigenvalue weighted by atomic mass is 10.1. The summed E-state index contributed by atoms with van der Waals surface area (Å²) >= 11 is 3.85. The summed E-state index contributed by atoms with van der Waals surface area (Å²) < 4.78 is 18.9. The van der Waals surface area contributed by atoms with E-state index >= 15 is 0 Å². The van der Waals surface area contributed by atoms with Gasteiger partial charge in [-0.15, -0.1) is 5.10 Å². The van der Waals surface area contributed by atoms with Gasteiger partial charge in [0.15, 0.2) is 6.29 Å². The molecule has 3 rings (SSSR count). The monoisotopic (exact) mass is 409 g/mol. The third-order valence-corrected chi connectivity index (χ3v) is 7.23. The Morgan fingerprint density at radius 3 is 2.41 bits per heavy atom. The molecular formula is C19H27N3O3S2. The molecule has 1 aliphatic rings. The van der Waals surface area contributed by atoms with Crippen LogP contribution in [-0.4, -0.2) is 63.6 Å². The van der Waals surface area contributed by atoms with Crippen LogP contribution in [0.25, 0.3) is 11.3 Å². The average Bonchev–Trinajstić information content (AvgIpc) is 3.29. The molecule has 1 fully saturated rings. The summed E-state index contributed by atoms with van der Waals surface area (Å²) in [7, 11) is 3.39. The smallest absolute Gasteiger partial charge is 0.170 e. The number of thioether (sulfide) groups is 2. The van der Waals surface area contributed by atoms with Gasteiger partial charge in [-0.05, 0) is 35.8 Å². The van der Waals surface area contributed by atoms with Crippen LogP contribution in [-0.2, 0) is 16.0 Å². The second-order valence-corrected chi connectivity index (χ2v) is 9.08. The van der Waals surface area contributed by atoms with E-state index in [0.29, 0.717) is 17.0 Å². The number of methoxy groups -OCH3 is 2.